The van der Waals surface area contributed by atoms with Gasteiger partial charge in [-0.1, -0.05) is 49.0 Å². The largest absolute Gasteiger partial charge is 0.495 e. The molecule has 2 fully saturated rings. The van der Waals surface area contributed by atoms with Gasteiger partial charge in [-0.25, -0.2) is 14.8 Å². The number of hydrogen-bond donors (Lipinski definition) is 2. The summed E-state index contributed by atoms with van der Waals surface area (Å²) in [5, 5.41) is 9.56. The second kappa shape index (κ2) is 13.4. The Labute approximate surface area is 275 Å². The third-order valence-electron chi connectivity index (χ3n) is 9.02. The van der Waals surface area contributed by atoms with Crippen LogP contribution in [0.2, 0.25) is 10.0 Å². The van der Waals surface area contributed by atoms with Crippen molar-refractivity contribution in [1.82, 2.24) is 20.3 Å². The summed E-state index contributed by atoms with van der Waals surface area (Å²) >= 11 is 14.9. The van der Waals surface area contributed by atoms with Crippen LogP contribution in [0.25, 0.3) is 0 Å². The van der Waals surface area contributed by atoms with E-state index in [2.05, 4.69) is 27.2 Å². The maximum absolute atomic E-state index is 14.3. The summed E-state index contributed by atoms with van der Waals surface area (Å²) in [5.41, 5.74) is 0.958. The normalized spacial score (nSPS) is 21.5. The van der Waals surface area contributed by atoms with Crippen molar-refractivity contribution in [2.24, 2.45) is 11.8 Å². The number of hydrogen-bond acceptors (Lipinski definition) is 9. The molecule has 0 spiro atoms. The second-order valence-corrected chi connectivity index (χ2v) is 13.3. The van der Waals surface area contributed by atoms with Crippen molar-refractivity contribution in [3.05, 3.63) is 57.1 Å². The molecule has 0 saturated heterocycles. The van der Waals surface area contributed by atoms with E-state index in [1.807, 2.05) is 5.38 Å². The maximum Gasteiger partial charge on any atom is 0.330 e. The monoisotopic (exact) mass is 671 g/mol. The van der Waals surface area contributed by atoms with Gasteiger partial charge in [-0.05, 0) is 37.2 Å². The minimum atomic E-state index is -0.389. The molecular formula is C31H35Cl2N7O4S. The van der Waals surface area contributed by atoms with Gasteiger partial charge in [0, 0.05) is 41.5 Å². The summed E-state index contributed by atoms with van der Waals surface area (Å²) < 4.78 is 10.9. The quantitative estimate of drug-likeness (QED) is 0.236. The molecule has 0 bridgehead atoms. The SMILES string of the molecule is C=CC(=O)NC1CCC(C2CCC2)CC1Nc1ncc2c(n1)N(Cc1nccs1)C(=O)N(c1c(Cl)c(OC)cc(OC)c1Cl)C2. The maximum atomic E-state index is 14.3. The van der Waals surface area contributed by atoms with Crippen LogP contribution in [0.4, 0.5) is 22.2 Å². The fraction of sp³-hybridized carbons (Fsp3) is 0.452. The average molecular weight is 673 g/mol. The molecule has 238 valence electrons. The van der Waals surface area contributed by atoms with Gasteiger partial charge in [0.15, 0.2) is 0 Å². The first-order valence-corrected chi connectivity index (χ1v) is 16.6. The Morgan fingerprint density at radius 3 is 2.49 bits per heavy atom. The molecule has 2 aliphatic carbocycles. The van der Waals surface area contributed by atoms with Crippen LogP contribution in [0, 0.1) is 11.8 Å². The predicted octanol–water partition coefficient (Wildman–Crippen LogP) is 6.46. The van der Waals surface area contributed by atoms with Crippen LogP contribution >= 0.6 is 34.5 Å². The Morgan fingerprint density at radius 2 is 1.87 bits per heavy atom. The number of fused-ring (bicyclic) bond motifs is 1. The lowest BCUT2D eigenvalue weighted by Crippen LogP contribution is -2.51. The third-order valence-corrected chi connectivity index (χ3v) is 10.5. The number of anilines is 3. The fourth-order valence-corrected chi connectivity index (χ4v) is 7.77. The standard InChI is InChI=1S/C31H35Cl2N7O4S/c1-4-24(41)36-20-9-8-18(17-6-5-7-17)12-21(20)37-30-35-14-19-15-39(28-26(32)22(43-2)13-23(44-3)27(28)33)31(42)40(29(19)38-30)16-25-34-10-11-45-25/h4,10-11,13-14,17-18,20-21H,1,5-9,12,15-16H2,2-3H3,(H,36,41)(H,35,37,38). The number of benzene rings is 1. The molecule has 3 amide bonds. The van der Waals surface area contributed by atoms with E-state index < -0.39 is 0 Å². The van der Waals surface area contributed by atoms with Gasteiger partial charge < -0.3 is 20.1 Å². The molecule has 2 saturated carbocycles. The van der Waals surface area contributed by atoms with E-state index in [4.69, 9.17) is 37.7 Å². The first-order valence-electron chi connectivity index (χ1n) is 14.9. The Hall–Kier alpha value is -3.61. The molecule has 45 heavy (non-hydrogen) atoms. The number of ether oxygens (including phenoxy) is 2. The van der Waals surface area contributed by atoms with Gasteiger partial charge >= 0.3 is 6.03 Å². The number of halogens is 2. The summed E-state index contributed by atoms with van der Waals surface area (Å²) in [5.74, 6) is 2.59. The molecule has 14 heteroatoms. The summed E-state index contributed by atoms with van der Waals surface area (Å²) in [4.78, 5) is 43.6. The summed E-state index contributed by atoms with van der Waals surface area (Å²) in [6.07, 6.45) is 11.3. The summed E-state index contributed by atoms with van der Waals surface area (Å²) in [6.45, 7) is 3.91. The smallest absolute Gasteiger partial charge is 0.330 e. The molecule has 6 rings (SSSR count). The minimum absolute atomic E-state index is 0.0728. The average Bonchev–Trinajstić information content (AvgIpc) is 3.53. The van der Waals surface area contributed by atoms with E-state index in [1.165, 1.54) is 55.8 Å². The van der Waals surface area contributed by atoms with Crippen molar-refractivity contribution in [3.63, 3.8) is 0 Å². The second-order valence-electron chi connectivity index (χ2n) is 11.5. The Balaban J connectivity index is 1.35. The Bertz CT molecular complexity index is 1560. The number of carbonyl (C=O) groups is 2. The molecule has 1 aromatic carbocycles. The predicted molar refractivity (Wildman–Crippen MR) is 176 cm³/mol. The molecular weight excluding hydrogens is 637 g/mol. The van der Waals surface area contributed by atoms with Crippen LogP contribution in [0.3, 0.4) is 0 Å². The number of amides is 3. The van der Waals surface area contributed by atoms with Gasteiger partial charge in [0.2, 0.25) is 11.9 Å². The van der Waals surface area contributed by atoms with Crippen molar-refractivity contribution in [2.75, 3.05) is 29.3 Å². The zero-order chi connectivity index (χ0) is 31.7. The highest BCUT2D eigenvalue weighted by molar-refractivity contribution is 7.09. The first-order chi connectivity index (χ1) is 21.8. The fourth-order valence-electron chi connectivity index (χ4n) is 6.46. The number of nitrogens with one attached hydrogen (secondary N) is 2. The lowest BCUT2D eigenvalue weighted by atomic mass is 9.68. The van der Waals surface area contributed by atoms with Crippen molar-refractivity contribution >= 4 is 63.9 Å². The Kier molecular flexibility index (Phi) is 9.34. The van der Waals surface area contributed by atoms with Gasteiger partial charge in [-0.2, -0.15) is 4.98 Å². The topological polar surface area (TPSA) is 122 Å². The van der Waals surface area contributed by atoms with Crippen LogP contribution in [0.1, 0.15) is 49.1 Å². The van der Waals surface area contributed by atoms with Gasteiger partial charge in [0.25, 0.3) is 0 Å². The first kappa shape index (κ1) is 31.4. The summed E-state index contributed by atoms with van der Waals surface area (Å²) in [6, 6.07) is 1.02. The Morgan fingerprint density at radius 1 is 1.11 bits per heavy atom. The van der Waals surface area contributed by atoms with E-state index in [1.54, 1.807) is 23.4 Å². The van der Waals surface area contributed by atoms with E-state index >= 15 is 0 Å². The molecule has 3 atom stereocenters. The van der Waals surface area contributed by atoms with Crippen LogP contribution in [-0.2, 0) is 17.9 Å². The van der Waals surface area contributed by atoms with Crippen molar-refractivity contribution in [2.45, 2.75) is 63.7 Å². The molecule has 3 aliphatic rings. The summed E-state index contributed by atoms with van der Waals surface area (Å²) in [7, 11) is 2.97. The molecule has 1 aliphatic heterocycles. The molecule has 0 radical (unpaired) electrons. The number of urea groups is 1. The van der Waals surface area contributed by atoms with Gasteiger partial charge in [-0.3, -0.25) is 14.6 Å². The van der Waals surface area contributed by atoms with Gasteiger partial charge in [0.1, 0.15) is 32.4 Å². The number of thiazole rings is 1. The number of methoxy groups -OCH3 is 2. The molecule has 2 aromatic heterocycles. The van der Waals surface area contributed by atoms with E-state index in [9.17, 15) is 9.59 Å². The highest BCUT2D eigenvalue weighted by atomic mass is 35.5. The zero-order valence-electron chi connectivity index (χ0n) is 25.1. The lowest BCUT2D eigenvalue weighted by molar-refractivity contribution is -0.117. The zero-order valence-corrected chi connectivity index (χ0v) is 27.4. The molecule has 3 heterocycles. The minimum Gasteiger partial charge on any atom is -0.495 e. The highest BCUT2D eigenvalue weighted by Gasteiger charge is 2.39. The molecule has 11 nitrogen and oxygen atoms in total. The number of nitrogens with zero attached hydrogens (tertiary/aromatic N) is 5. The van der Waals surface area contributed by atoms with E-state index in [0.717, 1.165) is 30.2 Å². The van der Waals surface area contributed by atoms with Crippen LogP contribution < -0.4 is 29.9 Å². The van der Waals surface area contributed by atoms with Gasteiger partial charge in [0.05, 0.1) is 33.0 Å². The third kappa shape index (κ3) is 6.28. The number of carbonyl (C=O) groups excluding carboxylic acids is 2. The van der Waals surface area contributed by atoms with Crippen LogP contribution in [0.5, 0.6) is 11.5 Å². The van der Waals surface area contributed by atoms with Gasteiger partial charge in [-0.15, -0.1) is 11.3 Å². The molecule has 3 aromatic rings. The number of aromatic nitrogens is 3. The van der Waals surface area contributed by atoms with Crippen molar-refractivity contribution in [3.8, 4) is 11.5 Å². The lowest BCUT2D eigenvalue weighted by Gasteiger charge is -2.43. The van der Waals surface area contributed by atoms with E-state index in [-0.39, 0.29) is 52.8 Å². The van der Waals surface area contributed by atoms with Crippen molar-refractivity contribution in [1.29, 1.82) is 0 Å². The molecule has 3 unspecified atom stereocenters. The highest BCUT2D eigenvalue weighted by Crippen LogP contribution is 2.48. The van der Waals surface area contributed by atoms with Crippen LogP contribution in [0.15, 0.2) is 36.5 Å². The number of rotatable bonds is 10. The molecule has 2 N–H and O–H groups in total. The van der Waals surface area contributed by atoms with Crippen LogP contribution in [-0.4, -0.2) is 53.2 Å². The van der Waals surface area contributed by atoms with Crippen molar-refractivity contribution < 1.29 is 19.1 Å². The van der Waals surface area contributed by atoms with E-state index in [0.29, 0.717) is 34.7 Å².